The van der Waals surface area contributed by atoms with Crippen LogP contribution < -0.4 is 4.74 Å². The largest absolute Gasteiger partial charge is 0.497 e. The zero-order valence-electron chi connectivity index (χ0n) is 10.3. The average Bonchev–Trinajstić information content (AvgIpc) is 2.78. The van der Waals surface area contributed by atoms with Crippen LogP contribution in [0, 0.1) is 0 Å². The molecule has 2 N–H and O–H groups in total. The zero-order chi connectivity index (χ0) is 13.8. The molecule has 5 nitrogen and oxygen atoms in total. The second-order valence-corrected chi connectivity index (χ2v) is 4.78. The molecule has 0 radical (unpaired) electrons. The van der Waals surface area contributed by atoms with Gasteiger partial charge in [-0.1, -0.05) is 12.1 Å². The van der Waals surface area contributed by atoms with Gasteiger partial charge in [-0.05, 0) is 28.1 Å². The highest BCUT2D eigenvalue weighted by Crippen LogP contribution is 2.31. The second-order valence-electron chi connectivity index (χ2n) is 3.99. The number of carboxylic acids is 1. The average molecular weight is 325 g/mol. The first-order valence-electron chi connectivity index (χ1n) is 5.70. The van der Waals surface area contributed by atoms with E-state index < -0.39 is 5.97 Å². The van der Waals surface area contributed by atoms with E-state index in [2.05, 4.69) is 26.1 Å². The van der Waals surface area contributed by atoms with Gasteiger partial charge < -0.3 is 9.84 Å². The van der Waals surface area contributed by atoms with Crippen molar-refractivity contribution in [2.45, 2.75) is 12.8 Å². The van der Waals surface area contributed by atoms with Gasteiger partial charge in [0.25, 0.3) is 0 Å². The molecule has 0 saturated heterocycles. The highest BCUT2D eigenvalue weighted by molar-refractivity contribution is 9.10. The topological polar surface area (TPSA) is 75.2 Å². The van der Waals surface area contributed by atoms with E-state index in [1.807, 2.05) is 24.3 Å². The maximum Gasteiger partial charge on any atom is 0.303 e. The summed E-state index contributed by atoms with van der Waals surface area (Å²) < 4.78 is 5.96. The molecule has 1 aromatic carbocycles. The van der Waals surface area contributed by atoms with E-state index in [4.69, 9.17) is 9.84 Å². The van der Waals surface area contributed by atoms with Crippen molar-refractivity contribution >= 4 is 21.9 Å². The fraction of sp³-hybridized carbons (Fsp3) is 0.231. The number of nitrogens with one attached hydrogen (secondary N) is 1. The van der Waals surface area contributed by atoms with Crippen LogP contribution in [0.2, 0.25) is 0 Å². The molecule has 0 atom stereocenters. The first-order valence-corrected chi connectivity index (χ1v) is 6.50. The maximum atomic E-state index is 10.6. The zero-order valence-corrected chi connectivity index (χ0v) is 11.9. The molecule has 2 rings (SSSR count). The molecule has 0 fully saturated rings. The maximum absolute atomic E-state index is 10.6. The van der Waals surface area contributed by atoms with Crippen molar-refractivity contribution in [2.24, 2.45) is 0 Å². The van der Waals surface area contributed by atoms with Gasteiger partial charge in [-0.3, -0.25) is 9.89 Å². The van der Waals surface area contributed by atoms with E-state index in [1.165, 1.54) is 0 Å². The van der Waals surface area contributed by atoms with Crippen LogP contribution >= 0.6 is 15.9 Å². The fourth-order valence-corrected chi connectivity index (χ4v) is 2.33. The van der Waals surface area contributed by atoms with Gasteiger partial charge in [0.2, 0.25) is 0 Å². The Kier molecular flexibility index (Phi) is 4.21. The van der Waals surface area contributed by atoms with Crippen LogP contribution in [-0.2, 0) is 11.2 Å². The fourth-order valence-electron chi connectivity index (χ4n) is 1.72. The predicted molar refractivity (Wildman–Crippen MR) is 74.2 cm³/mol. The Bertz CT molecular complexity index is 595. The SMILES string of the molecule is COc1cccc(-c2n[nH]c(CCC(=O)O)c2Br)c1. The molecule has 1 heterocycles. The molecular weight excluding hydrogens is 312 g/mol. The van der Waals surface area contributed by atoms with Gasteiger partial charge in [-0.15, -0.1) is 0 Å². The molecule has 0 bridgehead atoms. The number of aromatic nitrogens is 2. The Hall–Kier alpha value is -1.82. The second kappa shape index (κ2) is 5.88. The molecule has 100 valence electrons. The summed E-state index contributed by atoms with van der Waals surface area (Å²) >= 11 is 3.46. The van der Waals surface area contributed by atoms with Crippen LogP contribution in [0.25, 0.3) is 11.3 Å². The van der Waals surface area contributed by atoms with Gasteiger partial charge in [0.05, 0.1) is 23.7 Å². The highest BCUT2D eigenvalue weighted by atomic mass is 79.9. The minimum Gasteiger partial charge on any atom is -0.497 e. The Morgan fingerprint density at radius 1 is 1.53 bits per heavy atom. The van der Waals surface area contributed by atoms with Crippen LogP contribution in [0.15, 0.2) is 28.7 Å². The smallest absolute Gasteiger partial charge is 0.303 e. The van der Waals surface area contributed by atoms with Crippen LogP contribution in [0.1, 0.15) is 12.1 Å². The number of carbonyl (C=O) groups is 1. The van der Waals surface area contributed by atoms with Crippen molar-refractivity contribution in [3.8, 4) is 17.0 Å². The lowest BCUT2D eigenvalue weighted by Crippen LogP contribution is -1.98. The highest BCUT2D eigenvalue weighted by Gasteiger charge is 2.13. The molecule has 0 aliphatic rings. The van der Waals surface area contributed by atoms with Gasteiger partial charge in [0, 0.05) is 12.0 Å². The lowest BCUT2D eigenvalue weighted by Gasteiger charge is -2.02. The van der Waals surface area contributed by atoms with E-state index in [0.717, 1.165) is 27.2 Å². The van der Waals surface area contributed by atoms with Crippen molar-refractivity contribution in [3.63, 3.8) is 0 Å². The van der Waals surface area contributed by atoms with Crippen LogP contribution in [0.4, 0.5) is 0 Å². The first-order chi connectivity index (χ1) is 9.11. The number of halogens is 1. The molecular formula is C13H13BrN2O3. The van der Waals surface area contributed by atoms with Gasteiger partial charge in [0.15, 0.2) is 0 Å². The van der Waals surface area contributed by atoms with Crippen molar-refractivity contribution < 1.29 is 14.6 Å². The van der Waals surface area contributed by atoms with Crippen molar-refractivity contribution in [1.82, 2.24) is 10.2 Å². The van der Waals surface area contributed by atoms with Crippen molar-refractivity contribution in [1.29, 1.82) is 0 Å². The Morgan fingerprint density at radius 3 is 3.00 bits per heavy atom. The van der Waals surface area contributed by atoms with E-state index in [0.29, 0.717) is 6.42 Å². The van der Waals surface area contributed by atoms with Gasteiger partial charge >= 0.3 is 5.97 Å². The number of ether oxygens (including phenoxy) is 1. The number of benzene rings is 1. The lowest BCUT2D eigenvalue weighted by molar-refractivity contribution is -0.136. The molecule has 0 spiro atoms. The summed E-state index contributed by atoms with van der Waals surface area (Å²) in [5, 5.41) is 15.8. The number of H-pyrrole nitrogens is 1. The third-order valence-corrected chi connectivity index (χ3v) is 3.56. The van der Waals surface area contributed by atoms with E-state index in [-0.39, 0.29) is 6.42 Å². The monoisotopic (exact) mass is 324 g/mol. The number of methoxy groups -OCH3 is 1. The Labute approximate surface area is 118 Å². The predicted octanol–water partition coefficient (Wildman–Crippen LogP) is 2.87. The molecule has 0 aliphatic carbocycles. The van der Waals surface area contributed by atoms with Crippen LogP contribution in [0.3, 0.4) is 0 Å². The normalized spacial score (nSPS) is 10.4. The molecule has 0 amide bonds. The van der Waals surface area contributed by atoms with E-state index >= 15 is 0 Å². The standard InChI is InChI=1S/C13H13BrN2O3/c1-19-9-4-2-3-8(7-9)13-12(14)10(15-16-13)5-6-11(17)18/h2-4,7H,5-6H2,1H3,(H,15,16)(H,17,18). The van der Waals surface area contributed by atoms with Crippen molar-refractivity contribution in [3.05, 3.63) is 34.4 Å². The Morgan fingerprint density at radius 2 is 2.32 bits per heavy atom. The van der Waals surface area contributed by atoms with Gasteiger partial charge in [-0.2, -0.15) is 5.10 Å². The minimum atomic E-state index is -0.829. The van der Waals surface area contributed by atoms with Crippen molar-refractivity contribution in [2.75, 3.05) is 7.11 Å². The summed E-state index contributed by atoms with van der Waals surface area (Å²) in [4.78, 5) is 10.6. The quantitative estimate of drug-likeness (QED) is 0.886. The summed E-state index contributed by atoms with van der Waals surface area (Å²) in [6.07, 6.45) is 0.477. The summed E-state index contributed by atoms with van der Waals surface area (Å²) in [5.41, 5.74) is 2.43. The van der Waals surface area contributed by atoms with E-state index in [9.17, 15) is 4.79 Å². The molecule has 0 aliphatic heterocycles. The van der Waals surface area contributed by atoms with E-state index in [1.54, 1.807) is 7.11 Å². The number of aryl methyl sites for hydroxylation is 1. The molecule has 0 unspecified atom stereocenters. The number of aliphatic carboxylic acids is 1. The van der Waals surface area contributed by atoms with Crippen LogP contribution in [0.5, 0.6) is 5.75 Å². The number of carboxylic acid groups (broad SMARTS) is 1. The number of hydrogen-bond acceptors (Lipinski definition) is 3. The summed E-state index contributed by atoms with van der Waals surface area (Å²) in [6, 6.07) is 7.54. The molecule has 6 heteroatoms. The Balaban J connectivity index is 2.27. The summed E-state index contributed by atoms with van der Waals surface area (Å²) in [5.74, 6) is -0.0797. The summed E-state index contributed by atoms with van der Waals surface area (Å²) in [6.45, 7) is 0. The molecule has 2 aromatic rings. The first kappa shape index (κ1) is 13.6. The minimum absolute atomic E-state index is 0.0678. The lowest BCUT2D eigenvalue weighted by atomic mass is 10.1. The number of nitrogens with zero attached hydrogens (tertiary/aromatic N) is 1. The molecule has 1 aromatic heterocycles. The number of rotatable bonds is 5. The third-order valence-electron chi connectivity index (χ3n) is 2.71. The molecule has 19 heavy (non-hydrogen) atoms. The molecule has 0 saturated carbocycles. The number of aromatic amines is 1. The number of hydrogen-bond donors (Lipinski definition) is 2. The van der Waals surface area contributed by atoms with Crippen LogP contribution in [-0.4, -0.2) is 28.4 Å². The van der Waals surface area contributed by atoms with Gasteiger partial charge in [-0.25, -0.2) is 0 Å². The third kappa shape index (κ3) is 3.14. The summed E-state index contributed by atoms with van der Waals surface area (Å²) in [7, 11) is 1.61. The van der Waals surface area contributed by atoms with Gasteiger partial charge in [0.1, 0.15) is 11.4 Å².